The number of ether oxygens (including phenoxy) is 1. The zero-order chi connectivity index (χ0) is 25.4. The molecule has 0 saturated heterocycles. The van der Waals surface area contributed by atoms with Gasteiger partial charge in [-0.2, -0.15) is 12.6 Å². The average Bonchev–Trinajstić information content (AvgIpc) is 2.84. The van der Waals surface area contributed by atoms with E-state index in [4.69, 9.17) is 33.7 Å². The highest BCUT2D eigenvalue weighted by molar-refractivity contribution is 7.81. The van der Waals surface area contributed by atoms with E-state index in [0.29, 0.717) is 47.1 Å². The number of esters is 1. The summed E-state index contributed by atoms with van der Waals surface area (Å²) < 4.78 is 5.40. The summed E-state index contributed by atoms with van der Waals surface area (Å²) in [5.41, 5.74) is 8.44. The van der Waals surface area contributed by atoms with E-state index < -0.39 is 17.9 Å². The Morgan fingerprint density at radius 3 is 2.40 bits per heavy atom. The number of halogens is 2. The number of pyridine rings is 1. The molecular formula is C26H26Cl2N2O4S. The summed E-state index contributed by atoms with van der Waals surface area (Å²) in [7, 11) is 0. The number of nitrogens with two attached hydrogens (primary N) is 1. The molecule has 0 amide bonds. The normalized spacial score (nSPS) is 12.7. The number of rotatable bonds is 11. The van der Waals surface area contributed by atoms with Gasteiger partial charge in [0.15, 0.2) is 0 Å². The van der Waals surface area contributed by atoms with Gasteiger partial charge in [-0.3, -0.25) is 4.79 Å². The molecule has 2 unspecified atom stereocenters. The maximum atomic E-state index is 12.5. The van der Waals surface area contributed by atoms with Crippen LogP contribution in [-0.2, 0) is 28.8 Å². The third-order valence-electron chi connectivity index (χ3n) is 5.62. The van der Waals surface area contributed by atoms with E-state index >= 15 is 0 Å². The van der Waals surface area contributed by atoms with E-state index in [1.54, 1.807) is 54.7 Å². The minimum atomic E-state index is -0.919. The van der Waals surface area contributed by atoms with Crippen LogP contribution in [0.3, 0.4) is 0 Å². The quantitative estimate of drug-likeness (QED) is 0.221. The van der Waals surface area contributed by atoms with Crippen molar-refractivity contribution < 1.29 is 19.4 Å². The van der Waals surface area contributed by atoms with Crippen molar-refractivity contribution in [2.45, 2.75) is 30.9 Å². The van der Waals surface area contributed by atoms with Crippen molar-refractivity contribution in [3.8, 4) is 0 Å². The number of hydrogen-bond acceptors (Lipinski definition) is 6. The standard InChI is InChI=1S/C26H26Cl2N2O4S/c27-21-5-2-6-22(28)19(21)11-12-34-26(33)18-4-1-3-16(13-18)7-9-23(35)20(25(31)32)14-17-8-10-24(29)30-15-17/h1-6,8,10,13,15,20,23,35H,7,9,11-12,14H2,(H2,29,30)(H,31,32). The Morgan fingerprint density at radius 1 is 1.03 bits per heavy atom. The van der Waals surface area contributed by atoms with Crippen molar-refractivity contribution in [3.63, 3.8) is 0 Å². The third kappa shape index (κ3) is 7.88. The lowest BCUT2D eigenvalue weighted by molar-refractivity contribution is -0.141. The number of aryl methyl sites for hydroxylation is 1. The molecule has 1 aromatic heterocycles. The second kappa shape index (κ2) is 12.8. The topological polar surface area (TPSA) is 103 Å². The van der Waals surface area contributed by atoms with Gasteiger partial charge in [-0.1, -0.05) is 47.5 Å². The van der Waals surface area contributed by atoms with Gasteiger partial charge < -0.3 is 15.6 Å². The van der Waals surface area contributed by atoms with Gasteiger partial charge in [0.2, 0.25) is 0 Å². The Balaban J connectivity index is 1.55. The van der Waals surface area contributed by atoms with Crippen molar-refractivity contribution in [2.75, 3.05) is 12.3 Å². The van der Waals surface area contributed by atoms with E-state index in [9.17, 15) is 14.7 Å². The van der Waals surface area contributed by atoms with E-state index in [0.717, 1.165) is 16.7 Å². The number of carbonyl (C=O) groups excluding carboxylic acids is 1. The molecule has 2 atom stereocenters. The molecule has 3 rings (SSSR count). The Bertz CT molecular complexity index is 1150. The van der Waals surface area contributed by atoms with E-state index in [-0.39, 0.29) is 11.9 Å². The Labute approximate surface area is 219 Å². The van der Waals surface area contributed by atoms with Crippen molar-refractivity contribution >= 4 is 53.6 Å². The second-order valence-electron chi connectivity index (χ2n) is 8.13. The number of aromatic nitrogens is 1. The largest absolute Gasteiger partial charge is 0.481 e. The highest BCUT2D eigenvalue weighted by Gasteiger charge is 2.26. The molecule has 3 aromatic rings. The number of nitrogens with zero attached hydrogens (tertiary/aromatic N) is 1. The maximum absolute atomic E-state index is 12.5. The van der Waals surface area contributed by atoms with Crippen LogP contribution in [0.4, 0.5) is 5.82 Å². The number of anilines is 1. The monoisotopic (exact) mass is 532 g/mol. The molecule has 0 radical (unpaired) electrons. The van der Waals surface area contributed by atoms with Crippen LogP contribution in [0, 0.1) is 5.92 Å². The number of thiol groups is 1. The van der Waals surface area contributed by atoms with Crippen LogP contribution in [0.2, 0.25) is 10.0 Å². The van der Waals surface area contributed by atoms with Crippen LogP contribution in [0.5, 0.6) is 0 Å². The van der Waals surface area contributed by atoms with Crippen molar-refractivity contribution in [3.05, 3.63) is 93.1 Å². The number of hydrogen-bond donors (Lipinski definition) is 3. The van der Waals surface area contributed by atoms with Crippen LogP contribution in [0.25, 0.3) is 0 Å². The number of nitrogen functional groups attached to an aromatic ring is 1. The molecule has 35 heavy (non-hydrogen) atoms. The van der Waals surface area contributed by atoms with Crippen LogP contribution in [-0.4, -0.2) is 33.9 Å². The Morgan fingerprint density at radius 2 is 1.74 bits per heavy atom. The Kier molecular flexibility index (Phi) is 9.83. The summed E-state index contributed by atoms with van der Waals surface area (Å²) >= 11 is 16.9. The summed E-state index contributed by atoms with van der Waals surface area (Å²) in [6, 6.07) is 15.8. The molecule has 0 saturated carbocycles. The van der Waals surface area contributed by atoms with Crippen LogP contribution in [0.15, 0.2) is 60.8 Å². The first kappa shape index (κ1) is 26.9. The molecule has 0 aliphatic carbocycles. The minimum absolute atomic E-state index is 0.144. The fourth-order valence-electron chi connectivity index (χ4n) is 3.67. The Hall–Kier alpha value is -2.74. The molecule has 0 bridgehead atoms. The lowest BCUT2D eigenvalue weighted by atomic mass is 9.93. The molecule has 2 aromatic carbocycles. The summed E-state index contributed by atoms with van der Waals surface area (Å²) in [4.78, 5) is 28.4. The highest BCUT2D eigenvalue weighted by Crippen LogP contribution is 2.25. The summed E-state index contributed by atoms with van der Waals surface area (Å²) in [5.74, 6) is -1.67. The first-order chi connectivity index (χ1) is 16.7. The molecule has 0 fully saturated rings. The first-order valence-corrected chi connectivity index (χ1v) is 12.3. The highest BCUT2D eigenvalue weighted by atomic mass is 35.5. The predicted octanol–water partition coefficient (Wildman–Crippen LogP) is 5.54. The van der Waals surface area contributed by atoms with Gasteiger partial charge in [-0.05, 0) is 66.3 Å². The van der Waals surface area contributed by atoms with E-state index in [1.165, 1.54) is 0 Å². The first-order valence-electron chi connectivity index (χ1n) is 11.0. The van der Waals surface area contributed by atoms with Gasteiger partial charge in [0.05, 0.1) is 18.1 Å². The summed E-state index contributed by atoms with van der Waals surface area (Å²) in [6.07, 6.45) is 3.38. The van der Waals surface area contributed by atoms with E-state index in [2.05, 4.69) is 17.6 Å². The molecule has 1 heterocycles. The van der Waals surface area contributed by atoms with Gasteiger partial charge in [-0.15, -0.1) is 0 Å². The number of benzene rings is 2. The second-order valence-corrected chi connectivity index (χ2v) is 9.61. The molecule has 3 N–H and O–H groups in total. The number of aliphatic carboxylic acids is 1. The van der Waals surface area contributed by atoms with Crippen LogP contribution >= 0.6 is 35.8 Å². The lowest BCUT2D eigenvalue weighted by Gasteiger charge is -2.19. The lowest BCUT2D eigenvalue weighted by Crippen LogP contribution is -2.27. The fraction of sp³-hybridized carbons (Fsp3) is 0.269. The van der Waals surface area contributed by atoms with Gasteiger partial charge in [0, 0.05) is 27.9 Å². The van der Waals surface area contributed by atoms with Crippen LogP contribution in [0.1, 0.15) is 33.5 Å². The number of carbonyl (C=O) groups is 2. The predicted molar refractivity (Wildman–Crippen MR) is 141 cm³/mol. The zero-order valence-electron chi connectivity index (χ0n) is 18.9. The van der Waals surface area contributed by atoms with Crippen LogP contribution < -0.4 is 5.73 Å². The number of carboxylic acids is 1. The maximum Gasteiger partial charge on any atom is 0.338 e. The van der Waals surface area contributed by atoms with Crippen molar-refractivity contribution in [2.24, 2.45) is 5.92 Å². The SMILES string of the molecule is Nc1ccc(CC(C(=O)O)C(S)CCc2cccc(C(=O)OCCc3c(Cl)cccc3Cl)c2)cn1. The molecule has 0 spiro atoms. The molecule has 0 aliphatic heterocycles. The van der Waals surface area contributed by atoms with Gasteiger partial charge in [0.25, 0.3) is 0 Å². The third-order valence-corrected chi connectivity index (χ3v) is 6.95. The molecule has 184 valence electrons. The van der Waals surface area contributed by atoms with E-state index in [1.807, 2.05) is 6.07 Å². The zero-order valence-corrected chi connectivity index (χ0v) is 21.3. The molecule has 0 aliphatic rings. The fourth-order valence-corrected chi connectivity index (χ4v) is 4.62. The summed E-state index contributed by atoms with van der Waals surface area (Å²) in [6.45, 7) is 0.144. The van der Waals surface area contributed by atoms with Gasteiger partial charge in [0.1, 0.15) is 5.82 Å². The molecule has 9 heteroatoms. The molecular weight excluding hydrogens is 507 g/mol. The molecule has 6 nitrogen and oxygen atoms in total. The van der Waals surface area contributed by atoms with Gasteiger partial charge in [-0.25, -0.2) is 9.78 Å². The summed E-state index contributed by atoms with van der Waals surface area (Å²) in [5, 5.41) is 10.4. The van der Waals surface area contributed by atoms with Crippen molar-refractivity contribution in [1.82, 2.24) is 4.98 Å². The minimum Gasteiger partial charge on any atom is -0.481 e. The smallest absolute Gasteiger partial charge is 0.338 e. The number of carboxylic acid groups (broad SMARTS) is 1. The average molecular weight is 533 g/mol. The van der Waals surface area contributed by atoms with Crippen molar-refractivity contribution in [1.29, 1.82) is 0 Å². The van der Waals surface area contributed by atoms with Gasteiger partial charge >= 0.3 is 11.9 Å².